The molecule has 1 fully saturated rings. The van der Waals surface area contributed by atoms with Crippen molar-refractivity contribution in [3.63, 3.8) is 0 Å². The third-order valence-corrected chi connectivity index (χ3v) is 10.4. The standard InChI is InChI=1S/C37H40ClN3O5S/c1-2-35(37(43)39-30-12-6-3-7-13-30)40(26-28-18-20-29(38)21-19-28)36(42)27-41(47(44,45)34-16-10-5-11-17-34)31-22-24-33(25-23-31)46-32-14-8-4-9-15-32/h4-5,8-11,14-25,30,35H,2-3,6-7,12-13,26-27H2,1H3,(H,39,43)/t35-/m1/s1. The van der Waals surface area contributed by atoms with E-state index in [2.05, 4.69) is 5.32 Å². The van der Waals surface area contributed by atoms with Crippen molar-refractivity contribution >= 4 is 39.1 Å². The van der Waals surface area contributed by atoms with E-state index in [1.54, 1.807) is 66.7 Å². The Morgan fingerprint density at radius 2 is 1.43 bits per heavy atom. The van der Waals surface area contributed by atoms with Gasteiger partial charge in [-0.3, -0.25) is 13.9 Å². The van der Waals surface area contributed by atoms with E-state index in [1.165, 1.54) is 17.0 Å². The Balaban J connectivity index is 1.47. The SMILES string of the molecule is CC[C@H](C(=O)NC1CCCCC1)N(Cc1ccc(Cl)cc1)C(=O)CN(c1ccc(Oc2ccccc2)cc1)S(=O)(=O)c1ccccc1. The number of hydrogen-bond acceptors (Lipinski definition) is 5. The predicted octanol–water partition coefficient (Wildman–Crippen LogP) is 7.58. The molecule has 5 rings (SSSR count). The van der Waals surface area contributed by atoms with Gasteiger partial charge in [-0.2, -0.15) is 0 Å². The van der Waals surface area contributed by atoms with E-state index in [0.717, 1.165) is 42.0 Å². The zero-order valence-electron chi connectivity index (χ0n) is 26.4. The van der Waals surface area contributed by atoms with Gasteiger partial charge in [0.25, 0.3) is 10.0 Å². The number of sulfonamides is 1. The Morgan fingerprint density at radius 3 is 2.04 bits per heavy atom. The third kappa shape index (κ3) is 8.93. The number of nitrogens with one attached hydrogen (secondary N) is 1. The van der Waals surface area contributed by atoms with Gasteiger partial charge < -0.3 is 15.0 Å². The molecule has 1 N–H and O–H groups in total. The van der Waals surface area contributed by atoms with E-state index in [4.69, 9.17) is 16.3 Å². The molecule has 0 spiro atoms. The van der Waals surface area contributed by atoms with Crippen LogP contribution in [0, 0.1) is 0 Å². The lowest BCUT2D eigenvalue weighted by atomic mass is 9.95. The summed E-state index contributed by atoms with van der Waals surface area (Å²) in [6.07, 6.45) is 5.42. The van der Waals surface area contributed by atoms with Gasteiger partial charge in [0.1, 0.15) is 24.1 Å². The maximum absolute atomic E-state index is 14.4. The van der Waals surface area contributed by atoms with Crippen LogP contribution < -0.4 is 14.4 Å². The average Bonchev–Trinajstić information content (AvgIpc) is 3.09. The molecule has 8 nitrogen and oxygen atoms in total. The Bertz CT molecular complexity index is 1710. The molecule has 0 saturated heterocycles. The molecule has 1 aliphatic rings. The number of anilines is 1. The van der Waals surface area contributed by atoms with Crippen molar-refractivity contribution < 1.29 is 22.7 Å². The van der Waals surface area contributed by atoms with Gasteiger partial charge in [0, 0.05) is 17.6 Å². The Kier molecular flexibility index (Phi) is 11.6. The number of carbonyl (C=O) groups is 2. The van der Waals surface area contributed by atoms with Gasteiger partial charge in [-0.05, 0) is 85.5 Å². The molecule has 0 bridgehead atoms. The first-order chi connectivity index (χ1) is 22.7. The first-order valence-electron chi connectivity index (χ1n) is 16.0. The first-order valence-corrected chi connectivity index (χ1v) is 17.8. The molecule has 2 amide bonds. The molecule has 4 aromatic rings. The van der Waals surface area contributed by atoms with E-state index in [1.807, 2.05) is 37.3 Å². The van der Waals surface area contributed by atoms with Crippen LogP contribution in [-0.2, 0) is 26.2 Å². The van der Waals surface area contributed by atoms with Gasteiger partial charge in [-0.1, -0.05) is 86.3 Å². The summed E-state index contributed by atoms with van der Waals surface area (Å²) in [4.78, 5) is 29.6. The number of rotatable bonds is 13. The van der Waals surface area contributed by atoms with E-state index in [-0.39, 0.29) is 29.1 Å². The maximum atomic E-state index is 14.4. The van der Waals surface area contributed by atoms with Crippen molar-refractivity contribution in [1.82, 2.24) is 10.2 Å². The molecule has 1 saturated carbocycles. The fourth-order valence-corrected chi connectivity index (χ4v) is 7.37. The molecule has 4 aromatic carbocycles. The lowest BCUT2D eigenvalue weighted by molar-refractivity contribution is -0.140. The molecular weight excluding hydrogens is 634 g/mol. The quantitative estimate of drug-likeness (QED) is 0.158. The number of halogens is 1. The minimum atomic E-state index is -4.18. The highest BCUT2D eigenvalue weighted by atomic mass is 35.5. The van der Waals surface area contributed by atoms with Crippen LogP contribution in [0.1, 0.15) is 51.0 Å². The van der Waals surface area contributed by atoms with E-state index in [9.17, 15) is 18.0 Å². The number of hydrogen-bond donors (Lipinski definition) is 1. The van der Waals surface area contributed by atoms with Crippen LogP contribution in [0.2, 0.25) is 5.02 Å². The Hall–Kier alpha value is -4.34. The second-order valence-corrected chi connectivity index (χ2v) is 13.9. The van der Waals surface area contributed by atoms with Crippen LogP contribution in [-0.4, -0.2) is 43.8 Å². The minimum Gasteiger partial charge on any atom is -0.457 e. The predicted molar refractivity (Wildman–Crippen MR) is 185 cm³/mol. The fourth-order valence-electron chi connectivity index (χ4n) is 5.80. The molecule has 0 aromatic heterocycles. The highest BCUT2D eigenvalue weighted by Gasteiger charge is 2.34. The lowest BCUT2D eigenvalue weighted by Gasteiger charge is -2.34. The monoisotopic (exact) mass is 673 g/mol. The lowest BCUT2D eigenvalue weighted by Crippen LogP contribution is -2.54. The van der Waals surface area contributed by atoms with Crippen molar-refractivity contribution in [1.29, 1.82) is 0 Å². The van der Waals surface area contributed by atoms with Gasteiger partial charge in [0.15, 0.2) is 0 Å². The number of benzene rings is 4. The molecule has 1 atom stereocenters. The summed E-state index contributed by atoms with van der Waals surface area (Å²) in [5, 5.41) is 3.72. The van der Waals surface area contributed by atoms with Crippen LogP contribution in [0.4, 0.5) is 5.69 Å². The molecule has 0 unspecified atom stereocenters. The van der Waals surface area contributed by atoms with Gasteiger partial charge >= 0.3 is 0 Å². The molecular formula is C37H40ClN3O5S. The first kappa shape index (κ1) is 34.0. The Labute approximate surface area is 282 Å². The average molecular weight is 674 g/mol. The molecule has 0 aliphatic heterocycles. The third-order valence-electron chi connectivity index (χ3n) is 8.32. The van der Waals surface area contributed by atoms with Gasteiger partial charge in [-0.15, -0.1) is 0 Å². The molecule has 0 heterocycles. The van der Waals surface area contributed by atoms with Crippen LogP contribution in [0.15, 0.2) is 114 Å². The van der Waals surface area contributed by atoms with Gasteiger partial charge in [0.2, 0.25) is 11.8 Å². The summed E-state index contributed by atoms with van der Waals surface area (Å²) in [6, 6.07) is 30.1. The summed E-state index contributed by atoms with van der Waals surface area (Å²) in [6.45, 7) is 1.45. The zero-order valence-corrected chi connectivity index (χ0v) is 28.0. The molecule has 0 radical (unpaired) electrons. The van der Waals surface area contributed by atoms with Gasteiger partial charge in [0.05, 0.1) is 10.6 Å². The number of nitrogens with zero attached hydrogens (tertiary/aromatic N) is 2. The van der Waals surface area contributed by atoms with E-state index in [0.29, 0.717) is 22.9 Å². The van der Waals surface area contributed by atoms with Crippen molar-refractivity contribution in [3.8, 4) is 11.5 Å². The molecule has 1 aliphatic carbocycles. The van der Waals surface area contributed by atoms with Crippen molar-refractivity contribution in [3.05, 3.63) is 120 Å². The number of amides is 2. The minimum absolute atomic E-state index is 0.0451. The molecule has 47 heavy (non-hydrogen) atoms. The summed E-state index contributed by atoms with van der Waals surface area (Å²) >= 11 is 6.13. The highest BCUT2D eigenvalue weighted by Crippen LogP contribution is 2.29. The summed E-state index contributed by atoms with van der Waals surface area (Å²) in [5.74, 6) is 0.411. The zero-order chi connectivity index (χ0) is 33.2. The highest BCUT2D eigenvalue weighted by molar-refractivity contribution is 7.92. The molecule has 246 valence electrons. The topological polar surface area (TPSA) is 96.0 Å². The van der Waals surface area contributed by atoms with Crippen LogP contribution >= 0.6 is 11.6 Å². The second kappa shape index (κ2) is 16.0. The smallest absolute Gasteiger partial charge is 0.264 e. The van der Waals surface area contributed by atoms with Crippen molar-refractivity contribution in [2.45, 2.75) is 69.0 Å². The van der Waals surface area contributed by atoms with Crippen LogP contribution in [0.3, 0.4) is 0 Å². The van der Waals surface area contributed by atoms with Crippen molar-refractivity contribution in [2.75, 3.05) is 10.8 Å². The normalized spacial score (nSPS) is 14.2. The van der Waals surface area contributed by atoms with E-state index >= 15 is 0 Å². The van der Waals surface area contributed by atoms with Crippen LogP contribution in [0.5, 0.6) is 11.5 Å². The van der Waals surface area contributed by atoms with Gasteiger partial charge in [-0.25, -0.2) is 8.42 Å². The van der Waals surface area contributed by atoms with E-state index < -0.39 is 28.5 Å². The summed E-state index contributed by atoms with van der Waals surface area (Å²) in [5.41, 5.74) is 1.06. The fraction of sp³-hybridized carbons (Fsp3) is 0.297. The second-order valence-electron chi connectivity index (χ2n) is 11.6. The summed E-state index contributed by atoms with van der Waals surface area (Å²) < 4.78 is 35.3. The summed E-state index contributed by atoms with van der Waals surface area (Å²) in [7, 11) is -4.18. The largest absolute Gasteiger partial charge is 0.457 e. The number of carbonyl (C=O) groups excluding carboxylic acids is 2. The maximum Gasteiger partial charge on any atom is 0.264 e. The Morgan fingerprint density at radius 1 is 0.830 bits per heavy atom. The molecule has 10 heteroatoms. The number of para-hydroxylation sites is 1. The van der Waals surface area contributed by atoms with Crippen LogP contribution in [0.25, 0.3) is 0 Å². The number of ether oxygens (including phenoxy) is 1. The van der Waals surface area contributed by atoms with Crippen molar-refractivity contribution in [2.24, 2.45) is 0 Å².